The van der Waals surface area contributed by atoms with E-state index in [1.807, 2.05) is 36.4 Å². The molecule has 0 fully saturated rings. The zero-order valence-corrected chi connectivity index (χ0v) is 18.6. The van der Waals surface area contributed by atoms with Crippen molar-refractivity contribution in [2.75, 3.05) is 17.7 Å². The van der Waals surface area contributed by atoms with Crippen molar-refractivity contribution in [2.45, 2.75) is 13.3 Å². The van der Waals surface area contributed by atoms with Gasteiger partial charge in [0.25, 0.3) is 0 Å². The second-order valence-corrected chi connectivity index (χ2v) is 7.05. The fourth-order valence-corrected chi connectivity index (χ4v) is 3.75. The molecule has 0 aliphatic heterocycles. The highest BCUT2D eigenvalue weighted by molar-refractivity contribution is 6.05. The molecule has 0 spiro atoms. The Bertz CT molecular complexity index is 1210. The lowest BCUT2D eigenvalue weighted by Gasteiger charge is -2.11. The van der Waals surface area contributed by atoms with E-state index in [2.05, 4.69) is 47.3 Å². The number of benzene rings is 3. The molecule has 1 aromatic heterocycles. The molecule has 154 valence electrons. The van der Waals surface area contributed by atoms with Crippen LogP contribution in [0.15, 0.2) is 66.7 Å². The molecule has 6 heteroatoms. The van der Waals surface area contributed by atoms with Crippen LogP contribution in [0, 0.1) is 0 Å². The molecular weight excluding hydrogens is 442 g/mol. The average Bonchev–Trinajstić information content (AvgIpc) is 2.72. The van der Waals surface area contributed by atoms with E-state index < -0.39 is 6.09 Å². The topological polar surface area (TPSA) is 68.2 Å². The third-order valence-electron chi connectivity index (χ3n) is 5.16. The van der Waals surface area contributed by atoms with Crippen molar-refractivity contribution in [3.05, 3.63) is 78.0 Å². The smallest absolute Gasteiger partial charge is 0.411 e. The van der Waals surface area contributed by atoms with Crippen LogP contribution in [0.4, 0.5) is 16.2 Å². The molecule has 0 saturated heterocycles. The number of hydrogen-bond acceptors (Lipinski definition) is 3. The Labute approximate surface area is 186 Å². The number of nitrogens with one attached hydrogen (secondary N) is 1. The third kappa shape index (κ3) is 4.24. The largest absolute Gasteiger partial charge is 1.00 e. The van der Waals surface area contributed by atoms with Crippen molar-refractivity contribution in [2.24, 2.45) is 7.05 Å². The van der Waals surface area contributed by atoms with Gasteiger partial charge in [0.05, 0.1) is 23.8 Å². The molecule has 3 N–H and O–H groups in total. The van der Waals surface area contributed by atoms with E-state index in [0.717, 1.165) is 23.1 Å². The van der Waals surface area contributed by atoms with Gasteiger partial charge < -0.3 is 27.5 Å². The average molecular weight is 466 g/mol. The Balaban J connectivity index is 0.00000256. The monoisotopic (exact) mass is 465 g/mol. The van der Waals surface area contributed by atoms with E-state index in [1.54, 1.807) is 6.92 Å². The maximum Gasteiger partial charge on any atom is 0.411 e. The first-order valence-corrected chi connectivity index (χ1v) is 9.68. The quantitative estimate of drug-likeness (QED) is 0.273. The molecule has 4 rings (SSSR count). The number of aryl methyl sites for hydroxylation is 1. The predicted octanol–water partition coefficient (Wildman–Crippen LogP) is 1.56. The first-order valence-electron chi connectivity index (χ1n) is 9.68. The number of anilines is 2. The summed E-state index contributed by atoms with van der Waals surface area (Å²) in [5, 5.41) is 6.28. The van der Waals surface area contributed by atoms with Crippen LogP contribution in [0.2, 0.25) is 0 Å². The Hall–Kier alpha value is -3.12. The van der Waals surface area contributed by atoms with Gasteiger partial charge in [-0.3, -0.25) is 5.32 Å². The molecule has 0 aliphatic rings. The maximum absolute atomic E-state index is 11.6. The summed E-state index contributed by atoms with van der Waals surface area (Å²) in [6.45, 7) is 2.13. The number of nitrogens with two attached hydrogens (primary N) is 1. The van der Waals surface area contributed by atoms with Gasteiger partial charge in [-0.15, -0.1) is 0 Å². The van der Waals surface area contributed by atoms with Crippen LogP contribution in [0.3, 0.4) is 0 Å². The van der Waals surface area contributed by atoms with Gasteiger partial charge in [-0.05, 0) is 42.8 Å². The lowest BCUT2D eigenvalue weighted by Crippen LogP contribution is -3.00. The highest BCUT2D eigenvalue weighted by Gasteiger charge is 2.19. The summed E-state index contributed by atoms with van der Waals surface area (Å²) in [6, 6.07) is 22.3. The van der Waals surface area contributed by atoms with Crippen LogP contribution in [-0.4, -0.2) is 12.7 Å². The molecule has 0 unspecified atom stereocenters. The van der Waals surface area contributed by atoms with Crippen molar-refractivity contribution >= 4 is 39.1 Å². The minimum Gasteiger partial charge on any atom is -1.00 e. The second kappa shape index (κ2) is 9.13. The lowest BCUT2D eigenvalue weighted by molar-refractivity contribution is -0.651. The molecule has 3 aromatic carbocycles. The van der Waals surface area contributed by atoms with E-state index in [4.69, 9.17) is 10.5 Å². The van der Waals surface area contributed by atoms with Gasteiger partial charge in [0.15, 0.2) is 5.69 Å². The summed E-state index contributed by atoms with van der Waals surface area (Å²) in [7, 11) is 2.09. The van der Waals surface area contributed by atoms with Crippen LogP contribution < -0.4 is 32.6 Å². The summed E-state index contributed by atoms with van der Waals surface area (Å²) in [6.07, 6.45) is 0.309. The van der Waals surface area contributed by atoms with Gasteiger partial charge in [0, 0.05) is 22.8 Å². The van der Waals surface area contributed by atoms with Crippen LogP contribution in [0.25, 0.3) is 21.7 Å². The van der Waals surface area contributed by atoms with Gasteiger partial charge >= 0.3 is 6.09 Å². The van der Waals surface area contributed by atoms with Crippen molar-refractivity contribution in [1.82, 2.24) is 0 Å². The molecule has 0 bridgehead atoms. The third-order valence-corrected chi connectivity index (χ3v) is 5.16. The number of carbonyl (C=O) groups is 1. The van der Waals surface area contributed by atoms with Crippen molar-refractivity contribution in [3.8, 4) is 0 Å². The first kappa shape index (κ1) is 21.6. The number of ether oxygens (including phenoxy) is 1. The standard InChI is InChI=1S/C24H23N3O2.BrH/c1-3-29-24(28)26-18-11-8-16(9-12-18)14-23-21-15-17(25)10-13-19(21)20-6-4-5-7-22(20)27(23)2;/h4-13,15H,3,14,25H2,1-2H3;1H. The van der Waals surface area contributed by atoms with Gasteiger partial charge in [-0.1, -0.05) is 30.3 Å². The molecule has 1 heterocycles. The number of fused-ring (bicyclic) bond motifs is 3. The highest BCUT2D eigenvalue weighted by atomic mass is 79.9. The number of amides is 1. The number of halogens is 1. The van der Waals surface area contributed by atoms with Crippen LogP contribution in [0.1, 0.15) is 18.2 Å². The molecule has 0 radical (unpaired) electrons. The number of para-hydroxylation sites is 1. The van der Waals surface area contributed by atoms with Crippen LogP contribution in [-0.2, 0) is 18.2 Å². The van der Waals surface area contributed by atoms with Crippen LogP contribution in [0.5, 0.6) is 0 Å². The van der Waals surface area contributed by atoms with E-state index in [9.17, 15) is 4.79 Å². The van der Waals surface area contributed by atoms with Gasteiger partial charge in [-0.25, -0.2) is 4.79 Å². The summed E-state index contributed by atoms with van der Waals surface area (Å²) in [4.78, 5) is 11.6. The summed E-state index contributed by atoms with van der Waals surface area (Å²) >= 11 is 0. The predicted molar refractivity (Wildman–Crippen MR) is 117 cm³/mol. The Kier molecular flexibility index (Phi) is 6.57. The minimum absolute atomic E-state index is 0. The lowest BCUT2D eigenvalue weighted by atomic mass is 9.98. The second-order valence-electron chi connectivity index (χ2n) is 7.05. The number of aromatic nitrogens is 1. The maximum atomic E-state index is 11.6. The van der Waals surface area contributed by atoms with E-state index in [1.165, 1.54) is 22.0 Å². The number of pyridine rings is 1. The molecule has 0 aliphatic carbocycles. The van der Waals surface area contributed by atoms with E-state index >= 15 is 0 Å². The zero-order valence-electron chi connectivity index (χ0n) is 17.0. The van der Waals surface area contributed by atoms with Crippen molar-refractivity contribution in [1.29, 1.82) is 0 Å². The molecule has 30 heavy (non-hydrogen) atoms. The molecule has 5 nitrogen and oxygen atoms in total. The summed E-state index contributed by atoms with van der Waals surface area (Å²) in [5.74, 6) is 0. The van der Waals surface area contributed by atoms with E-state index in [0.29, 0.717) is 12.3 Å². The number of carbonyl (C=O) groups excluding carboxylic acids is 1. The van der Waals surface area contributed by atoms with E-state index in [-0.39, 0.29) is 17.0 Å². The number of hydrogen-bond donors (Lipinski definition) is 2. The fraction of sp³-hybridized carbons (Fsp3) is 0.167. The molecule has 0 atom stereocenters. The Morgan fingerprint density at radius 2 is 1.73 bits per heavy atom. The SMILES string of the molecule is CCOC(=O)Nc1ccc(Cc2c3cc(N)ccc3c3ccccc3[n+]2C)cc1.[Br-]. The number of nitrogens with zero attached hydrogens (tertiary/aromatic N) is 1. The normalized spacial score (nSPS) is 10.6. The highest BCUT2D eigenvalue weighted by Crippen LogP contribution is 2.28. The van der Waals surface area contributed by atoms with Gasteiger partial charge in [0.1, 0.15) is 7.05 Å². The number of nitrogen functional groups attached to an aromatic ring is 1. The fourth-order valence-electron chi connectivity index (χ4n) is 3.75. The molecule has 1 amide bonds. The molecular formula is C24H24BrN3O2. The molecule has 4 aromatic rings. The minimum atomic E-state index is -0.442. The zero-order chi connectivity index (χ0) is 20.4. The molecule has 0 saturated carbocycles. The Morgan fingerprint density at radius 3 is 2.47 bits per heavy atom. The van der Waals surface area contributed by atoms with Gasteiger partial charge in [0.2, 0.25) is 5.52 Å². The summed E-state index contributed by atoms with van der Waals surface area (Å²) in [5.41, 5.74) is 11.1. The van der Waals surface area contributed by atoms with Crippen LogP contribution >= 0.6 is 0 Å². The van der Waals surface area contributed by atoms with Crippen molar-refractivity contribution < 1.29 is 31.1 Å². The van der Waals surface area contributed by atoms with Gasteiger partial charge in [-0.2, -0.15) is 4.57 Å². The van der Waals surface area contributed by atoms with Crippen molar-refractivity contribution in [3.63, 3.8) is 0 Å². The Morgan fingerprint density at radius 1 is 1.00 bits per heavy atom. The first-order chi connectivity index (χ1) is 14.1. The summed E-state index contributed by atoms with van der Waals surface area (Å²) < 4.78 is 7.16. The number of rotatable bonds is 4.